The number of anilines is 1. The van der Waals surface area contributed by atoms with Gasteiger partial charge in [-0.05, 0) is 12.5 Å². The number of hydrogen-bond acceptors (Lipinski definition) is 9. The van der Waals surface area contributed by atoms with Crippen LogP contribution in [0.25, 0.3) is 0 Å². The van der Waals surface area contributed by atoms with E-state index in [9.17, 15) is 24.5 Å². The second-order valence-corrected chi connectivity index (χ2v) is 12.6. The molecule has 1 unspecified atom stereocenters. The maximum absolute atomic E-state index is 12.2. The number of nitrogens with zero attached hydrogens (tertiary/aromatic N) is 2. The Morgan fingerprint density at radius 1 is 0.854 bits per heavy atom. The van der Waals surface area contributed by atoms with Gasteiger partial charge in [-0.25, -0.2) is 9.36 Å². The Labute approximate surface area is 245 Å². The van der Waals surface area contributed by atoms with Crippen molar-refractivity contribution in [3.05, 3.63) is 22.7 Å². The van der Waals surface area contributed by atoms with E-state index in [1.54, 1.807) is 0 Å². The first-order valence-corrected chi connectivity index (χ1v) is 17.2. The van der Waals surface area contributed by atoms with Crippen molar-refractivity contribution in [2.24, 2.45) is 0 Å². The maximum Gasteiger partial charge on any atom is 0.472 e. The predicted molar refractivity (Wildman–Crippen MR) is 159 cm³/mol. The highest BCUT2D eigenvalue weighted by molar-refractivity contribution is 7.47. The van der Waals surface area contributed by atoms with Crippen LogP contribution in [0, 0.1) is 0 Å². The SMILES string of the molecule is CCCCCCCCCCCCCCCCCCCCOP(=O)(O)OC[C@H]1O[C@@H](n2ccc(N)nc2=O)[C@@H](O)[C@@H]1O. The van der Waals surface area contributed by atoms with E-state index in [1.807, 2.05) is 0 Å². The molecule has 5 N–H and O–H groups in total. The summed E-state index contributed by atoms with van der Waals surface area (Å²) in [5, 5.41) is 20.5. The first kappa shape index (κ1) is 35.9. The Kier molecular flexibility index (Phi) is 18.0. The molecule has 0 radical (unpaired) electrons. The van der Waals surface area contributed by atoms with Crippen LogP contribution in [-0.4, -0.2) is 56.2 Å². The molecule has 1 saturated heterocycles. The molecule has 2 rings (SSSR count). The Morgan fingerprint density at radius 3 is 1.83 bits per heavy atom. The molecule has 11 nitrogen and oxygen atoms in total. The topological polar surface area (TPSA) is 166 Å². The van der Waals surface area contributed by atoms with Gasteiger partial charge in [0.25, 0.3) is 0 Å². The normalized spacial score (nSPS) is 22.2. The third-order valence-electron chi connectivity index (χ3n) is 7.62. The number of aromatic nitrogens is 2. The fraction of sp³-hybridized carbons (Fsp3) is 0.862. The van der Waals surface area contributed by atoms with E-state index in [0.29, 0.717) is 6.42 Å². The molecule has 12 heteroatoms. The first-order chi connectivity index (χ1) is 19.7. The van der Waals surface area contributed by atoms with Crippen molar-refractivity contribution in [3.63, 3.8) is 0 Å². The van der Waals surface area contributed by atoms with Gasteiger partial charge in [0.2, 0.25) is 0 Å². The number of aliphatic hydroxyl groups excluding tert-OH is 2. The van der Waals surface area contributed by atoms with Gasteiger partial charge in [0.15, 0.2) is 6.23 Å². The number of nitrogens with two attached hydrogens (primary N) is 1. The van der Waals surface area contributed by atoms with E-state index < -0.39 is 44.7 Å². The minimum absolute atomic E-state index is 0.00680. The summed E-state index contributed by atoms with van der Waals surface area (Å²) in [6, 6.07) is 1.35. The Hall–Kier alpha value is -1.33. The molecule has 0 amide bonds. The Bertz CT molecular complexity index is 934. The van der Waals surface area contributed by atoms with Crippen LogP contribution in [-0.2, 0) is 18.3 Å². The zero-order valence-corrected chi connectivity index (χ0v) is 25.8. The third kappa shape index (κ3) is 14.6. The molecule has 5 atom stereocenters. The minimum Gasteiger partial charge on any atom is -0.387 e. The standard InChI is InChI=1S/C29H54N3O8P/c1-2-3-4-5-6-7-8-9-10-11-12-13-14-15-16-17-18-19-22-38-41(36,37)39-23-24-26(33)27(34)28(40-24)32-21-20-25(30)31-29(32)35/h20-21,24,26-28,33-34H,2-19,22-23H2,1H3,(H,36,37)(H2,30,31,35)/t24-,26-,27+,28-/m1/s1. The maximum atomic E-state index is 12.2. The number of phosphoric acid groups is 1. The van der Waals surface area contributed by atoms with Crippen molar-refractivity contribution >= 4 is 13.6 Å². The number of aliphatic hydroxyl groups is 2. The summed E-state index contributed by atoms with van der Waals surface area (Å²) in [6.45, 7) is 1.84. The molecule has 0 aliphatic carbocycles. The molecular formula is C29H54N3O8P. The van der Waals surface area contributed by atoms with E-state index in [1.165, 1.54) is 102 Å². The van der Waals surface area contributed by atoms with E-state index in [4.69, 9.17) is 19.5 Å². The molecule has 41 heavy (non-hydrogen) atoms. The minimum atomic E-state index is -4.36. The van der Waals surface area contributed by atoms with Gasteiger partial charge in [0.05, 0.1) is 13.2 Å². The second-order valence-electron chi connectivity index (χ2n) is 11.2. The van der Waals surface area contributed by atoms with Crippen molar-refractivity contribution in [3.8, 4) is 0 Å². The monoisotopic (exact) mass is 603 g/mol. The molecule has 1 fully saturated rings. The van der Waals surface area contributed by atoms with Crippen LogP contribution >= 0.6 is 7.82 Å². The molecular weight excluding hydrogens is 549 g/mol. The van der Waals surface area contributed by atoms with Crippen molar-refractivity contribution < 1.29 is 33.5 Å². The second kappa shape index (κ2) is 20.6. The van der Waals surface area contributed by atoms with Gasteiger partial charge in [0.1, 0.15) is 24.1 Å². The van der Waals surface area contributed by atoms with Gasteiger partial charge >= 0.3 is 13.5 Å². The lowest BCUT2D eigenvalue weighted by Gasteiger charge is -2.18. The average Bonchev–Trinajstić information content (AvgIpc) is 3.22. The number of ether oxygens (including phenoxy) is 1. The van der Waals surface area contributed by atoms with Crippen molar-refractivity contribution in [2.75, 3.05) is 18.9 Å². The Balaban J connectivity index is 1.44. The lowest BCUT2D eigenvalue weighted by Crippen LogP contribution is -2.36. The van der Waals surface area contributed by atoms with Crippen LogP contribution in [0.15, 0.2) is 17.1 Å². The number of phosphoric ester groups is 1. The number of rotatable bonds is 24. The molecule has 1 aliphatic heterocycles. The van der Waals surface area contributed by atoms with Crippen LogP contribution in [0.4, 0.5) is 5.82 Å². The lowest BCUT2D eigenvalue weighted by molar-refractivity contribution is -0.0551. The smallest absolute Gasteiger partial charge is 0.387 e. The highest BCUT2D eigenvalue weighted by atomic mass is 31.2. The lowest BCUT2D eigenvalue weighted by atomic mass is 10.0. The summed E-state index contributed by atoms with van der Waals surface area (Å²) in [7, 11) is -4.36. The van der Waals surface area contributed by atoms with Crippen molar-refractivity contribution in [2.45, 2.75) is 147 Å². The zero-order valence-electron chi connectivity index (χ0n) is 24.9. The van der Waals surface area contributed by atoms with Gasteiger partial charge in [-0.15, -0.1) is 0 Å². The summed E-state index contributed by atoms with van der Waals surface area (Å²) in [6.07, 6.45) is 18.7. The molecule has 1 aliphatic rings. The van der Waals surface area contributed by atoms with Gasteiger partial charge in [0, 0.05) is 6.20 Å². The average molecular weight is 604 g/mol. The number of nitrogen functional groups attached to an aromatic ring is 1. The van der Waals surface area contributed by atoms with Crippen LogP contribution < -0.4 is 11.4 Å². The molecule has 0 bridgehead atoms. The highest BCUT2D eigenvalue weighted by Gasteiger charge is 2.45. The summed E-state index contributed by atoms with van der Waals surface area (Å²) < 4.78 is 28.7. The largest absolute Gasteiger partial charge is 0.472 e. The summed E-state index contributed by atoms with van der Waals surface area (Å²) in [5.74, 6) is 0.00680. The summed E-state index contributed by atoms with van der Waals surface area (Å²) in [5.41, 5.74) is 4.71. The van der Waals surface area contributed by atoms with Gasteiger partial charge in [-0.1, -0.05) is 116 Å². The van der Waals surface area contributed by atoms with Crippen LogP contribution in [0.1, 0.15) is 129 Å². The molecule has 1 aromatic heterocycles. The van der Waals surface area contributed by atoms with Crippen LogP contribution in [0.3, 0.4) is 0 Å². The predicted octanol–water partition coefficient (Wildman–Crippen LogP) is 5.62. The quantitative estimate of drug-likeness (QED) is 0.0860. The fourth-order valence-electron chi connectivity index (χ4n) is 5.10. The Morgan fingerprint density at radius 2 is 1.34 bits per heavy atom. The van der Waals surface area contributed by atoms with Gasteiger partial charge in [-0.3, -0.25) is 13.6 Å². The van der Waals surface area contributed by atoms with Crippen LogP contribution in [0.5, 0.6) is 0 Å². The molecule has 2 heterocycles. The van der Waals surface area contributed by atoms with Crippen molar-refractivity contribution in [1.82, 2.24) is 9.55 Å². The van der Waals surface area contributed by atoms with E-state index in [-0.39, 0.29) is 12.4 Å². The summed E-state index contributed by atoms with van der Waals surface area (Å²) in [4.78, 5) is 25.5. The van der Waals surface area contributed by atoms with Gasteiger partial charge < -0.3 is 25.6 Å². The molecule has 0 aromatic carbocycles. The van der Waals surface area contributed by atoms with E-state index >= 15 is 0 Å². The van der Waals surface area contributed by atoms with E-state index in [2.05, 4.69) is 11.9 Å². The highest BCUT2D eigenvalue weighted by Crippen LogP contribution is 2.44. The zero-order chi connectivity index (χ0) is 29.9. The molecule has 238 valence electrons. The number of unbranched alkanes of at least 4 members (excludes halogenated alkanes) is 17. The van der Waals surface area contributed by atoms with Crippen molar-refractivity contribution in [1.29, 1.82) is 0 Å². The van der Waals surface area contributed by atoms with Gasteiger partial charge in [-0.2, -0.15) is 4.98 Å². The van der Waals surface area contributed by atoms with Crippen LogP contribution in [0.2, 0.25) is 0 Å². The molecule has 1 aromatic rings. The molecule has 0 saturated carbocycles. The fourth-order valence-corrected chi connectivity index (χ4v) is 5.87. The first-order valence-electron chi connectivity index (χ1n) is 15.7. The van der Waals surface area contributed by atoms with E-state index in [0.717, 1.165) is 23.8 Å². The molecule has 0 spiro atoms. The summed E-state index contributed by atoms with van der Waals surface area (Å²) >= 11 is 0. The number of hydrogen-bond donors (Lipinski definition) is 4. The third-order valence-corrected chi connectivity index (χ3v) is 8.60.